The van der Waals surface area contributed by atoms with Crippen molar-refractivity contribution in [3.8, 4) is 11.5 Å². The largest absolute Gasteiger partial charge is 0.485 e. The van der Waals surface area contributed by atoms with Gasteiger partial charge in [0.05, 0.1) is 10.9 Å². The molecule has 0 saturated heterocycles. The number of hydrogen-bond acceptors (Lipinski definition) is 5. The minimum atomic E-state index is -0.758. The van der Waals surface area contributed by atoms with E-state index in [2.05, 4.69) is 10.3 Å². The number of hydrogen-bond donors (Lipinski definition) is 1. The lowest BCUT2D eigenvalue weighted by Crippen LogP contribution is -2.40. The Morgan fingerprint density at radius 3 is 2.86 bits per heavy atom. The van der Waals surface area contributed by atoms with Gasteiger partial charge < -0.3 is 14.8 Å². The first-order valence-electron chi connectivity index (χ1n) is 9.92. The van der Waals surface area contributed by atoms with Crippen LogP contribution in [-0.4, -0.2) is 28.2 Å². The van der Waals surface area contributed by atoms with Crippen molar-refractivity contribution in [3.63, 3.8) is 0 Å². The second kappa shape index (κ2) is 7.24. The minimum absolute atomic E-state index is 0.0471. The van der Waals surface area contributed by atoms with E-state index in [1.807, 2.05) is 12.1 Å². The van der Waals surface area contributed by atoms with E-state index in [0.717, 1.165) is 31.5 Å². The molecule has 0 saturated carbocycles. The van der Waals surface area contributed by atoms with Crippen LogP contribution in [0, 0.1) is 0 Å². The molecule has 1 atom stereocenters. The second-order valence-corrected chi connectivity index (χ2v) is 7.38. The van der Waals surface area contributed by atoms with Crippen LogP contribution in [0.1, 0.15) is 25.1 Å². The number of rotatable bonds is 2. The standard InChI is InChI=1S/C22H21N3O4/c26-21(19-13-28-17-6-3-4-7-18(17)29-19)23-14-9-10-16-15(12-14)22(27)25-11-5-1-2-8-20(25)24-16/h3-4,6-7,9-10,12,19H,1-2,5,8,11,13H2,(H,23,26). The highest BCUT2D eigenvalue weighted by Crippen LogP contribution is 2.31. The third-order valence-electron chi connectivity index (χ3n) is 5.38. The number of nitrogens with zero attached hydrogens (tertiary/aromatic N) is 2. The van der Waals surface area contributed by atoms with E-state index in [1.165, 1.54) is 0 Å². The predicted octanol–water partition coefficient (Wildman–Crippen LogP) is 2.90. The molecule has 0 aliphatic carbocycles. The molecule has 7 heteroatoms. The summed E-state index contributed by atoms with van der Waals surface area (Å²) >= 11 is 0. The summed E-state index contributed by atoms with van der Waals surface area (Å²) in [5, 5.41) is 3.35. The summed E-state index contributed by atoms with van der Waals surface area (Å²) < 4.78 is 13.1. The summed E-state index contributed by atoms with van der Waals surface area (Å²) in [5.74, 6) is 1.70. The van der Waals surface area contributed by atoms with Gasteiger partial charge in [0.15, 0.2) is 11.5 Å². The summed E-state index contributed by atoms with van der Waals surface area (Å²) in [4.78, 5) is 30.3. The number of aromatic nitrogens is 2. The van der Waals surface area contributed by atoms with Gasteiger partial charge in [-0.05, 0) is 43.2 Å². The van der Waals surface area contributed by atoms with Crippen molar-refractivity contribution in [2.75, 3.05) is 11.9 Å². The van der Waals surface area contributed by atoms with Gasteiger partial charge in [-0.2, -0.15) is 0 Å². The van der Waals surface area contributed by atoms with Gasteiger partial charge >= 0.3 is 0 Å². The number of nitrogens with one attached hydrogen (secondary N) is 1. The summed E-state index contributed by atoms with van der Waals surface area (Å²) in [6.07, 6.45) is 3.21. The molecule has 2 aliphatic rings. The highest BCUT2D eigenvalue weighted by Gasteiger charge is 2.27. The van der Waals surface area contributed by atoms with Crippen molar-refractivity contribution in [1.29, 1.82) is 0 Å². The molecule has 0 spiro atoms. The van der Waals surface area contributed by atoms with Crippen LogP contribution in [0.2, 0.25) is 0 Å². The Morgan fingerprint density at radius 1 is 1.10 bits per heavy atom. The number of ether oxygens (including phenoxy) is 2. The molecule has 7 nitrogen and oxygen atoms in total. The monoisotopic (exact) mass is 391 g/mol. The van der Waals surface area contributed by atoms with Gasteiger partial charge in [0.25, 0.3) is 11.5 Å². The van der Waals surface area contributed by atoms with Crippen molar-refractivity contribution in [2.24, 2.45) is 0 Å². The predicted molar refractivity (Wildman–Crippen MR) is 109 cm³/mol. The fourth-order valence-corrected chi connectivity index (χ4v) is 3.87. The number of anilines is 1. The molecular formula is C22H21N3O4. The molecule has 3 heterocycles. The second-order valence-electron chi connectivity index (χ2n) is 7.38. The van der Waals surface area contributed by atoms with Crippen LogP contribution in [0.15, 0.2) is 47.3 Å². The van der Waals surface area contributed by atoms with E-state index in [1.54, 1.807) is 34.9 Å². The molecule has 5 rings (SSSR count). The number of benzene rings is 2. The van der Waals surface area contributed by atoms with Gasteiger partial charge in [-0.15, -0.1) is 0 Å². The topological polar surface area (TPSA) is 82.5 Å². The summed E-state index contributed by atoms with van der Waals surface area (Å²) in [7, 11) is 0. The smallest absolute Gasteiger partial charge is 0.269 e. The Morgan fingerprint density at radius 2 is 1.97 bits per heavy atom. The van der Waals surface area contributed by atoms with Crippen molar-refractivity contribution in [2.45, 2.75) is 38.3 Å². The molecule has 29 heavy (non-hydrogen) atoms. The van der Waals surface area contributed by atoms with Crippen LogP contribution in [-0.2, 0) is 17.8 Å². The van der Waals surface area contributed by atoms with Gasteiger partial charge in [-0.3, -0.25) is 14.2 Å². The maximum atomic E-state index is 13.0. The van der Waals surface area contributed by atoms with Gasteiger partial charge in [-0.1, -0.05) is 18.6 Å². The van der Waals surface area contributed by atoms with E-state index < -0.39 is 6.10 Å². The lowest BCUT2D eigenvalue weighted by molar-refractivity contribution is -0.125. The Bertz CT molecular complexity index is 1150. The zero-order chi connectivity index (χ0) is 19.8. The van der Waals surface area contributed by atoms with Crippen LogP contribution in [0.5, 0.6) is 11.5 Å². The Hall–Kier alpha value is -3.35. The van der Waals surface area contributed by atoms with Gasteiger partial charge in [0, 0.05) is 18.7 Å². The lowest BCUT2D eigenvalue weighted by Gasteiger charge is -2.25. The fourth-order valence-electron chi connectivity index (χ4n) is 3.87. The lowest BCUT2D eigenvalue weighted by atomic mass is 10.2. The third kappa shape index (κ3) is 3.33. The van der Waals surface area contributed by atoms with Crippen LogP contribution >= 0.6 is 0 Å². The highest BCUT2D eigenvalue weighted by atomic mass is 16.6. The SMILES string of the molecule is O=C(Nc1ccc2nc3n(c(=O)c2c1)CCCCC3)C1COc2ccccc2O1. The molecule has 0 bridgehead atoms. The molecule has 1 aromatic heterocycles. The van der Waals surface area contributed by atoms with Crippen molar-refractivity contribution in [3.05, 3.63) is 58.6 Å². The van der Waals surface area contributed by atoms with Crippen LogP contribution < -0.4 is 20.3 Å². The fraction of sp³-hybridized carbons (Fsp3) is 0.318. The average Bonchev–Trinajstić information content (AvgIpc) is 2.99. The Balaban J connectivity index is 1.40. The molecule has 0 radical (unpaired) electrons. The normalized spacial score (nSPS) is 18.0. The first-order chi connectivity index (χ1) is 14.2. The molecule has 3 aromatic rings. The highest BCUT2D eigenvalue weighted by molar-refractivity contribution is 5.96. The first kappa shape index (κ1) is 17.7. The molecular weight excluding hydrogens is 370 g/mol. The molecule has 2 aliphatic heterocycles. The summed E-state index contributed by atoms with van der Waals surface area (Å²) in [5.41, 5.74) is 1.15. The number of carbonyl (C=O) groups excluding carboxylic acids is 1. The molecule has 0 fully saturated rings. The molecule has 1 N–H and O–H groups in total. The van der Waals surface area contributed by atoms with E-state index in [4.69, 9.17) is 9.47 Å². The molecule has 148 valence electrons. The minimum Gasteiger partial charge on any atom is -0.485 e. The molecule has 1 amide bonds. The molecule has 1 unspecified atom stereocenters. The maximum Gasteiger partial charge on any atom is 0.269 e. The van der Waals surface area contributed by atoms with E-state index >= 15 is 0 Å². The van der Waals surface area contributed by atoms with Gasteiger partial charge in [-0.25, -0.2) is 4.98 Å². The third-order valence-corrected chi connectivity index (χ3v) is 5.38. The molecule has 2 aromatic carbocycles. The quantitative estimate of drug-likeness (QED) is 0.726. The van der Waals surface area contributed by atoms with Crippen molar-refractivity contribution >= 4 is 22.5 Å². The van der Waals surface area contributed by atoms with Crippen LogP contribution in [0.4, 0.5) is 5.69 Å². The van der Waals surface area contributed by atoms with Gasteiger partial charge in [0.2, 0.25) is 6.10 Å². The first-order valence-corrected chi connectivity index (χ1v) is 9.92. The van der Waals surface area contributed by atoms with Crippen LogP contribution in [0.3, 0.4) is 0 Å². The van der Waals surface area contributed by atoms with Crippen molar-refractivity contribution in [1.82, 2.24) is 9.55 Å². The number of amides is 1. The Kier molecular flexibility index (Phi) is 4.42. The van der Waals surface area contributed by atoms with E-state index in [-0.39, 0.29) is 18.1 Å². The number of aryl methyl sites for hydroxylation is 1. The summed E-state index contributed by atoms with van der Waals surface area (Å²) in [6, 6.07) is 12.5. The number of carbonyl (C=O) groups is 1. The van der Waals surface area contributed by atoms with E-state index in [0.29, 0.717) is 34.6 Å². The van der Waals surface area contributed by atoms with Crippen molar-refractivity contribution < 1.29 is 14.3 Å². The van der Waals surface area contributed by atoms with E-state index in [9.17, 15) is 9.59 Å². The zero-order valence-corrected chi connectivity index (χ0v) is 15.9. The Labute approximate surface area is 167 Å². The maximum absolute atomic E-state index is 13.0. The zero-order valence-electron chi connectivity index (χ0n) is 15.9. The van der Waals surface area contributed by atoms with Crippen LogP contribution in [0.25, 0.3) is 10.9 Å². The summed E-state index contributed by atoms with van der Waals surface area (Å²) in [6.45, 7) is 0.828. The number of para-hydroxylation sites is 2. The number of fused-ring (bicyclic) bond motifs is 3. The average molecular weight is 391 g/mol. The van der Waals surface area contributed by atoms with Gasteiger partial charge in [0.1, 0.15) is 12.4 Å².